The fourth-order valence-electron chi connectivity index (χ4n) is 2.79. The molecule has 1 unspecified atom stereocenters. The zero-order chi connectivity index (χ0) is 13.2. The van der Waals surface area contributed by atoms with Gasteiger partial charge in [-0.1, -0.05) is 24.3 Å². The highest BCUT2D eigenvalue weighted by Gasteiger charge is 2.19. The molecule has 1 atom stereocenters. The van der Waals surface area contributed by atoms with Crippen molar-refractivity contribution in [3.8, 4) is 0 Å². The average molecular weight is 336 g/mol. The zero-order valence-corrected chi connectivity index (χ0v) is 13.5. The second-order valence-electron chi connectivity index (χ2n) is 5.14. The van der Waals surface area contributed by atoms with Crippen molar-refractivity contribution in [2.75, 3.05) is 0 Å². The molecule has 19 heavy (non-hydrogen) atoms. The van der Waals surface area contributed by atoms with E-state index >= 15 is 0 Å². The van der Waals surface area contributed by atoms with E-state index in [1.54, 1.807) is 0 Å². The standard InChI is InChI=1S/C16H18BrNS/c1-11-15(17)9-13(19-11)10-18-16-8-4-6-12-5-2-3-7-14(12)16/h2-3,5,7,9,16,18H,4,6,8,10H2,1H3. The van der Waals surface area contributed by atoms with Crippen molar-refractivity contribution in [3.63, 3.8) is 0 Å². The van der Waals surface area contributed by atoms with Gasteiger partial charge in [0.2, 0.25) is 0 Å². The van der Waals surface area contributed by atoms with Crippen LogP contribution in [0.4, 0.5) is 0 Å². The third kappa shape index (κ3) is 2.93. The number of hydrogen-bond acceptors (Lipinski definition) is 2. The Morgan fingerprint density at radius 2 is 2.21 bits per heavy atom. The molecule has 1 N–H and O–H groups in total. The zero-order valence-electron chi connectivity index (χ0n) is 11.1. The van der Waals surface area contributed by atoms with Crippen LogP contribution in [-0.2, 0) is 13.0 Å². The topological polar surface area (TPSA) is 12.0 Å². The van der Waals surface area contributed by atoms with E-state index in [4.69, 9.17) is 0 Å². The number of aryl methyl sites for hydroxylation is 2. The van der Waals surface area contributed by atoms with Gasteiger partial charge in [0.15, 0.2) is 0 Å². The Morgan fingerprint density at radius 1 is 1.37 bits per heavy atom. The molecule has 3 rings (SSSR count). The predicted molar refractivity (Wildman–Crippen MR) is 85.7 cm³/mol. The van der Waals surface area contributed by atoms with Gasteiger partial charge in [-0.15, -0.1) is 11.3 Å². The molecule has 1 heterocycles. The van der Waals surface area contributed by atoms with Crippen molar-refractivity contribution >= 4 is 27.3 Å². The van der Waals surface area contributed by atoms with Crippen molar-refractivity contribution in [3.05, 3.63) is 55.7 Å². The molecule has 3 heteroatoms. The minimum atomic E-state index is 0.520. The van der Waals surface area contributed by atoms with Crippen LogP contribution in [0.2, 0.25) is 0 Å². The number of hydrogen-bond donors (Lipinski definition) is 1. The first-order valence-corrected chi connectivity index (χ1v) is 8.41. The van der Waals surface area contributed by atoms with Gasteiger partial charge >= 0.3 is 0 Å². The van der Waals surface area contributed by atoms with Crippen LogP contribution in [0, 0.1) is 6.92 Å². The van der Waals surface area contributed by atoms with Gasteiger partial charge in [-0.2, -0.15) is 0 Å². The molecule has 0 saturated carbocycles. The minimum Gasteiger partial charge on any atom is -0.305 e. The molecule has 0 aliphatic heterocycles. The molecular formula is C16H18BrNS. The molecule has 1 aromatic carbocycles. The maximum atomic E-state index is 3.72. The Balaban J connectivity index is 1.71. The van der Waals surface area contributed by atoms with Crippen LogP contribution in [0.5, 0.6) is 0 Å². The van der Waals surface area contributed by atoms with E-state index < -0.39 is 0 Å². The van der Waals surface area contributed by atoms with Gasteiger partial charge in [0.1, 0.15) is 0 Å². The van der Waals surface area contributed by atoms with Gasteiger partial charge < -0.3 is 5.32 Å². The van der Waals surface area contributed by atoms with Gasteiger partial charge in [0, 0.05) is 26.8 Å². The number of benzene rings is 1. The molecule has 0 bridgehead atoms. The van der Waals surface area contributed by atoms with E-state index in [1.807, 2.05) is 11.3 Å². The molecule has 0 amide bonds. The maximum absolute atomic E-state index is 3.72. The first-order chi connectivity index (χ1) is 9.24. The van der Waals surface area contributed by atoms with Gasteiger partial charge in [0.05, 0.1) is 0 Å². The Labute approximate surface area is 127 Å². The first-order valence-electron chi connectivity index (χ1n) is 6.80. The quantitative estimate of drug-likeness (QED) is 0.833. The van der Waals surface area contributed by atoms with Crippen molar-refractivity contribution in [1.82, 2.24) is 5.32 Å². The monoisotopic (exact) mass is 335 g/mol. The van der Waals surface area contributed by atoms with E-state index in [1.165, 1.54) is 44.6 Å². The molecule has 2 aromatic rings. The van der Waals surface area contributed by atoms with Gasteiger partial charge in [-0.05, 0) is 59.3 Å². The number of thiophene rings is 1. The van der Waals surface area contributed by atoms with Crippen LogP contribution >= 0.6 is 27.3 Å². The highest BCUT2D eigenvalue weighted by Crippen LogP contribution is 2.31. The number of fused-ring (bicyclic) bond motifs is 1. The molecule has 0 spiro atoms. The lowest BCUT2D eigenvalue weighted by molar-refractivity contribution is 0.461. The van der Waals surface area contributed by atoms with E-state index in [2.05, 4.69) is 58.5 Å². The largest absolute Gasteiger partial charge is 0.305 e. The molecule has 100 valence electrons. The lowest BCUT2D eigenvalue weighted by Gasteiger charge is -2.26. The molecule has 1 nitrogen and oxygen atoms in total. The van der Waals surface area contributed by atoms with Gasteiger partial charge in [0.25, 0.3) is 0 Å². The summed E-state index contributed by atoms with van der Waals surface area (Å²) < 4.78 is 1.23. The minimum absolute atomic E-state index is 0.520. The normalized spacial score (nSPS) is 18.3. The number of rotatable bonds is 3. The fourth-order valence-corrected chi connectivity index (χ4v) is 4.35. The van der Waals surface area contributed by atoms with Gasteiger partial charge in [-0.3, -0.25) is 0 Å². The SMILES string of the molecule is Cc1sc(CNC2CCCc3ccccc32)cc1Br. The second-order valence-corrected chi connectivity index (χ2v) is 7.34. The van der Waals surface area contributed by atoms with Crippen molar-refractivity contribution < 1.29 is 0 Å². The molecule has 0 radical (unpaired) electrons. The summed E-state index contributed by atoms with van der Waals surface area (Å²) in [6, 6.07) is 11.6. The summed E-state index contributed by atoms with van der Waals surface area (Å²) in [4.78, 5) is 2.77. The Morgan fingerprint density at radius 3 is 3.00 bits per heavy atom. The average Bonchev–Trinajstić information content (AvgIpc) is 2.75. The van der Waals surface area contributed by atoms with E-state index in [-0.39, 0.29) is 0 Å². The lowest BCUT2D eigenvalue weighted by Crippen LogP contribution is -2.24. The van der Waals surface area contributed by atoms with Crippen molar-refractivity contribution in [2.24, 2.45) is 0 Å². The molecule has 0 fully saturated rings. The van der Waals surface area contributed by atoms with Crippen molar-refractivity contribution in [1.29, 1.82) is 0 Å². The first kappa shape index (κ1) is 13.3. The van der Waals surface area contributed by atoms with Crippen LogP contribution in [0.1, 0.15) is 39.8 Å². The Kier molecular flexibility index (Phi) is 4.06. The molecular weight excluding hydrogens is 318 g/mol. The van der Waals surface area contributed by atoms with Gasteiger partial charge in [-0.25, -0.2) is 0 Å². The summed E-state index contributed by atoms with van der Waals surface area (Å²) in [6.45, 7) is 3.13. The molecule has 1 aromatic heterocycles. The summed E-state index contributed by atoms with van der Waals surface area (Å²) in [7, 11) is 0. The maximum Gasteiger partial charge on any atom is 0.0326 e. The van der Waals surface area contributed by atoms with Crippen LogP contribution in [-0.4, -0.2) is 0 Å². The number of nitrogens with one attached hydrogen (secondary N) is 1. The smallest absolute Gasteiger partial charge is 0.0326 e. The Hall–Kier alpha value is -0.640. The highest BCUT2D eigenvalue weighted by molar-refractivity contribution is 9.10. The fraction of sp³-hybridized carbons (Fsp3) is 0.375. The molecule has 1 aliphatic carbocycles. The van der Waals surface area contributed by atoms with Crippen LogP contribution < -0.4 is 5.32 Å². The third-order valence-electron chi connectivity index (χ3n) is 3.80. The highest BCUT2D eigenvalue weighted by atomic mass is 79.9. The van der Waals surface area contributed by atoms with E-state index in [9.17, 15) is 0 Å². The Bertz CT molecular complexity index is 556. The van der Waals surface area contributed by atoms with Crippen LogP contribution in [0.15, 0.2) is 34.8 Å². The molecule has 0 saturated heterocycles. The summed E-state index contributed by atoms with van der Waals surface area (Å²) in [5.41, 5.74) is 3.02. The summed E-state index contributed by atoms with van der Waals surface area (Å²) in [6.07, 6.45) is 3.78. The van der Waals surface area contributed by atoms with Crippen LogP contribution in [0.25, 0.3) is 0 Å². The van der Waals surface area contributed by atoms with E-state index in [0.717, 1.165) is 6.54 Å². The second kappa shape index (κ2) is 5.78. The molecule has 1 aliphatic rings. The van der Waals surface area contributed by atoms with Crippen molar-refractivity contribution in [2.45, 2.75) is 38.8 Å². The van der Waals surface area contributed by atoms with Crippen LogP contribution in [0.3, 0.4) is 0 Å². The summed E-state index contributed by atoms with van der Waals surface area (Å²) in [5.74, 6) is 0. The summed E-state index contributed by atoms with van der Waals surface area (Å²) in [5, 5.41) is 3.72. The predicted octanol–water partition coefficient (Wildman–Crippen LogP) is 4.99. The lowest BCUT2D eigenvalue weighted by atomic mass is 9.88. The van der Waals surface area contributed by atoms with E-state index in [0.29, 0.717) is 6.04 Å². The summed E-state index contributed by atoms with van der Waals surface area (Å²) >= 11 is 5.47. The number of halogens is 1. The third-order valence-corrected chi connectivity index (χ3v) is 5.94.